The Labute approximate surface area is 116 Å². The lowest BCUT2D eigenvalue weighted by Gasteiger charge is -2.32. The van der Waals surface area contributed by atoms with E-state index in [9.17, 15) is 8.42 Å². The van der Waals surface area contributed by atoms with Crippen LogP contribution in [0.2, 0.25) is 0 Å². The maximum Gasteiger partial charge on any atom is 0.434 e. The lowest BCUT2D eigenvalue weighted by molar-refractivity contribution is -0.511. The van der Waals surface area contributed by atoms with E-state index >= 15 is 0 Å². The van der Waals surface area contributed by atoms with Crippen LogP contribution in [-0.4, -0.2) is 59.3 Å². The summed E-state index contributed by atoms with van der Waals surface area (Å²) in [5.74, 6) is 0. The second-order valence-electron chi connectivity index (χ2n) is 4.55. The first-order valence-corrected chi connectivity index (χ1v) is 7.20. The highest BCUT2D eigenvalue weighted by Gasteiger charge is 2.31. The van der Waals surface area contributed by atoms with Gasteiger partial charge in [-0.2, -0.15) is 8.42 Å². The minimum absolute atomic E-state index is 0. The van der Waals surface area contributed by atoms with E-state index in [-0.39, 0.29) is 30.4 Å². The fourth-order valence-electron chi connectivity index (χ4n) is 2.23. The van der Waals surface area contributed by atoms with Crippen molar-refractivity contribution in [3.05, 3.63) is 12.3 Å². The molecule has 1 saturated heterocycles. The van der Waals surface area contributed by atoms with E-state index in [0.717, 1.165) is 5.06 Å². The van der Waals surface area contributed by atoms with Crippen molar-refractivity contribution in [2.75, 3.05) is 6.54 Å². The molecule has 0 aliphatic carbocycles. The van der Waals surface area contributed by atoms with E-state index in [1.165, 1.54) is 6.34 Å². The van der Waals surface area contributed by atoms with Crippen LogP contribution < -0.4 is 16.8 Å². The smallest absolute Gasteiger partial charge is 0.434 e. The number of nitrogens with zero attached hydrogens (tertiary/aromatic N) is 2. The number of hydrogen-bond acceptors (Lipinski definition) is 8. The van der Waals surface area contributed by atoms with Gasteiger partial charge in [-0.3, -0.25) is 9.87 Å². The third-order valence-corrected chi connectivity index (χ3v) is 3.30. The normalized spacial score (nSPS) is 30.6. The number of hydrogen-bond donors (Lipinski definition) is 4. The lowest BCUT2D eigenvalue weighted by atomic mass is 10.0. The van der Waals surface area contributed by atoms with Crippen molar-refractivity contribution in [2.24, 2.45) is 11.5 Å². The minimum atomic E-state index is -4.53. The van der Waals surface area contributed by atoms with Crippen LogP contribution in [0.1, 0.15) is 12.8 Å². The minimum Gasteiger partial charge on any atom is -0.870 e. The summed E-state index contributed by atoms with van der Waals surface area (Å²) < 4.78 is 36.1. The monoisotopic (exact) mass is 309 g/mol. The summed E-state index contributed by atoms with van der Waals surface area (Å²) in [7, 11) is -4.53. The Hall–Kier alpha value is -1.08. The molecule has 2 unspecified atom stereocenters. The largest absolute Gasteiger partial charge is 0.870 e. The predicted octanol–water partition coefficient (Wildman–Crippen LogP) is -2.26. The van der Waals surface area contributed by atoms with Gasteiger partial charge in [-0.05, 0) is 10.4 Å². The quantitative estimate of drug-likeness (QED) is 0.332. The van der Waals surface area contributed by atoms with Crippen molar-refractivity contribution in [1.82, 2.24) is 10.4 Å². The Morgan fingerprint density at radius 3 is 2.50 bits per heavy atom. The zero-order valence-electron chi connectivity index (χ0n) is 10.7. The average Bonchev–Trinajstić information content (AvgIpc) is 2.25. The van der Waals surface area contributed by atoms with Crippen LogP contribution in [0.3, 0.4) is 0 Å². The highest BCUT2D eigenvalue weighted by molar-refractivity contribution is 7.80. The van der Waals surface area contributed by atoms with Crippen molar-refractivity contribution < 1.29 is 27.3 Å². The molecule has 7 N–H and O–H groups in total. The Morgan fingerprint density at radius 2 is 1.95 bits per heavy atom. The summed E-state index contributed by atoms with van der Waals surface area (Å²) in [6, 6.07) is 0.0373. The summed E-state index contributed by atoms with van der Waals surface area (Å²) in [5, 5.41) is 4.03. The van der Waals surface area contributed by atoms with Crippen LogP contribution >= 0.6 is 0 Å². The van der Waals surface area contributed by atoms with E-state index in [0.29, 0.717) is 12.8 Å². The van der Waals surface area contributed by atoms with Crippen LogP contribution in [0, 0.1) is 0 Å². The summed E-state index contributed by atoms with van der Waals surface area (Å²) in [5.41, 5.74) is 11.6. The van der Waals surface area contributed by atoms with Crippen LogP contribution in [0.15, 0.2) is 12.3 Å². The molecular weight excluding hydrogens is 290 g/mol. The van der Waals surface area contributed by atoms with Crippen LogP contribution in [0.5, 0.6) is 0 Å². The fourth-order valence-corrected chi connectivity index (χ4v) is 2.57. The molecule has 20 heavy (non-hydrogen) atoms. The SMILES string of the molecule is NC1CC([N+]2=CN(OS(=O)(=O)O)CC=C2)CC(N)N1.[OH-]. The van der Waals surface area contributed by atoms with Crippen molar-refractivity contribution in [2.45, 2.75) is 31.2 Å². The maximum absolute atomic E-state index is 10.7. The first-order valence-electron chi connectivity index (χ1n) is 5.83. The van der Waals surface area contributed by atoms with Gasteiger partial charge < -0.3 is 16.9 Å². The standard InChI is InChI=1S/C9H17N5O4S.H2O/c10-8-4-7(5-9(11)12-8)13-2-1-3-14(6-13)18-19(15,16)17;/h1-2,6-9,12H,3-5,10-11H2;1H2. The summed E-state index contributed by atoms with van der Waals surface area (Å²) in [4.78, 5) is 0. The molecule has 1 fully saturated rings. The molecule has 0 saturated carbocycles. The van der Waals surface area contributed by atoms with Gasteiger partial charge >= 0.3 is 10.4 Å². The molecule has 2 atom stereocenters. The predicted molar refractivity (Wildman–Crippen MR) is 68.8 cm³/mol. The summed E-state index contributed by atoms with van der Waals surface area (Å²) >= 11 is 0. The topological polar surface area (TPSA) is 164 Å². The van der Waals surface area contributed by atoms with Gasteiger partial charge in [0, 0.05) is 12.8 Å². The highest BCUT2D eigenvalue weighted by atomic mass is 32.3. The number of nitrogens with one attached hydrogen (secondary N) is 1. The van der Waals surface area contributed by atoms with Gasteiger partial charge in [-0.25, -0.2) is 4.58 Å². The summed E-state index contributed by atoms with van der Waals surface area (Å²) in [6.45, 7) is 0.222. The van der Waals surface area contributed by atoms with Crippen molar-refractivity contribution in [3.8, 4) is 0 Å². The second kappa shape index (κ2) is 6.58. The summed E-state index contributed by atoms with van der Waals surface area (Å²) in [6.07, 6.45) is 5.87. The highest BCUT2D eigenvalue weighted by Crippen LogP contribution is 2.14. The van der Waals surface area contributed by atoms with Gasteiger partial charge in [0.1, 0.15) is 12.6 Å². The molecule has 2 heterocycles. The van der Waals surface area contributed by atoms with Gasteiger partial charge in [-0.15, -0.1) is 0 Å². The zero-order chi connectivity index (χ0) is 14.0. The van der Waals surface area contributed by atoms with Gasteiger partial charge in [0.25, 0.3) is 6.34 Å². The molecule has 0 spiro atoms. The Balaban J connectivity index is 0.00000200. The number of nitrogens with two attached hydrogens (primary N) is 2. The molecule has 0 amide bonds. The molecule has 2 aliphatic rings. The first-order chi connectivity index (χ1) is 8.83. The van der Waals surface area contributed by atoms with Crippen molar-refractivity contribution in [1.29, 1.82) is 0 Å². The molecular formula is C9H19N5O5S. The number of rotatable bonds is 3. The van der Waals surface area contributed by atoms with Gasteiger partial charge in [0.15, 0.2) is 0 Å². The van der Waals surface area contributed by atoms with Crippen LogP contribution in [-0.2, 0) is 14.7 Å². The first kappa shape index (κ1) is 17.0. The Bertz CT molecular complexity index is 483. The molecule has 0 aromatic rings. The zero-order valence-corrected chi connectivity index (χ0v) is 11.5. The molecule has 0 aromatic carbocycles. The third kappa shape index (κ3) is 4.79. The van der Waals surface area contributed by atoms with Crippen molar-refractivity contribution in [3.63, 3.8) is 0 Å². The van der Waals surface area contributed by atoms with Crippen LogP contribution in [0.25, 0.3) is 0 Å². The lowest BCUT2D eigenvalue weighted by Crippen LogP contribution is -2.57. The molecule has 10 nitrogen and oxygen atoms in total. The molecule has 0 bridgehead atoms. The van der Waals surface area contributed by atoms with E-state index in [4.69, 9.17) is 16.0 Å². The van der Waals surface area contributed by atoms with Crippen molar-refractivity contribution >= 4 is 16.7 Å². The fraction of sp³-hybridized carbons (Fsp3) is 0.667. The van der Waals surface area contributed by atoms with Gasteiger partial charge in [0.05, 0.1) is 18.5 Å². The molecule has 2 rings (SSSR count). The third-order valence-electron chi connectivity index (χ3n) is 2.92. The molecule has 2 aliphatic heterocycles. The Morgan fingerprint density at radius 1 is 1.35 bits per heavy atom. The van der Waals surface area contributed by atoms with Gasteiger partial charge in [-0.1, -0.05) is 5.06 Å². The average molecular weight is 309 g/mol. The number of hydroxylamine groups is 2. The van der Waals surface area contributed by atoms with E-state index in [1.807, 2.05) is 0 Å². The molecule has 11 heteroatoms. The Kier molecular flexibility index (Phi) is 5.59. The molecule has 116 valence electrons. The van der Waals surface area contributed by atoms with E-state index < -0.39 is 10.4 Å². The number of piperidine rings is 1. The van der Waals surface area contributed by atoms with Gasteiger partial charge in [0.2, 0.25) is 0 Å². The van der Waals surface area contributed by atoms with Crippen LogP contribution in [0.4, 0.5) is 0 Å². The second-order valence-corrected chi connectivity index (χ2v) is 5.56. The maximum atomic E-state index is 10.7. The molecule has 0 radical (unpaired) electrons. The van der Waals surface area contributed by atoms with E-state index in [1.54, 1.807) is 16.9 Å². The van der Waals surface area contributed by atoms with E-state index in [2.05, 4.69) is 9.60 Å². The molecule has 0 aromatic heterocycles.